The zero-order valence-electron chi connectivity index (χ0n) is 9.20. The number of hydrogen-bond acceptors (Lipinski definition) is 3. The fourth-order valence-corrected chi connectivity index (χ4v) is 2.97. The minimum atomic E-state index is -0.0832. The third-order valence-corrected chi connectivity index (χ3v) is 4.29. The number of alkyl halides is 1. The van der Waals surface area contributed by atoms with Crippen LogP contribution in [0.15, 0.2) is 5.38 Å². The molecular weight excluding hydrogens is 244 g/mol. The van der Waals surface area contributed by atoms with Gasteiger partial charge in [0.05, 0.1) is 5.01 Å². The van der Waals surface area contributed by atoms with E-state index < -0.39 is 0 Å². The van der Waals surface area contributed by atoms with Gasteiger partial charge >= 0.3 is 0 Å². The van der Waals surface area contributed by atoms with E-state index >= 15 is 0 Å². The van der Waals surface area contributed by atoms with Crippen LogP contribution in [0.4, 0.5) is 0 Å². The van der Waals surface area contributed by atoms with Gasteiger partial charge in [0.15, 0.2) is 0 Å². The van der Waals surface area contributed by atoms with Crippen LogP contribution in [-0.4, -0.2) is 22.8 Å². The van der Waals surface area contributed by atoms with E-state index in [4.69, 9.17) is 11.6 Å². The Bertz CT molecular complexity index is 380. The second kappa shape index (κ2) is 5.15. The topological polar surface area (TPSA) is 42.0 Å². The predicted octanol–water partition coefficient (Wildman–Crippen LogP) is 2.59. The van der Waals surface area contributed by atoms with Crippen LogP contribution < -0.4 is 5.32 Å². The van der Waals surface area contributed by atoms with Gasteiger partial charge in [-0.25, -0.2) is 4.98 Å². The van der Waals surface area contributed by atoms with Crippen molar-refractivity contribution in [3.63, 3.8) is 0 Å². The van der Waals surface area contributed by atoms with E-state index in [0.717, 1.165) is 17.8 Å². The number of carbonyl (C=O) groups is 1. The van der Waals surface area contributed by atoms with E-state index in [1.807, 2.05) is 6.92 Å². The van der Waals surface area contributed by atoms with Crippen molar-refractivity contribution in [1.82, 2.24) is 10.3 Å². The average Bonchev–Trinajstić information content (AvgIpc) is 2.84. The van der Waals surface area contributed by atoms with Crippen molar-refractivity contribution < 1.29 is 4.79 Å². The molecule has 0 aromatic carbocycles. The highest BCUT2D eigenvalue weighted by atomic mass is 35.5. The summed E-state index contributed by atoms with van der Waals surface area (Å²) in [5, 5.41) is 5.83. The summed E-state index contributed by atoms with van der Waals surface area (Å²) in [4.78, 5) is 15.9. The molecule has 5 heteroatoms. The molecule has 1 aliphatic carbocycles. The predicted molar refractivity (Wildman–Crippen MR) is 66.2 cm³/mol. The second-order valence-corrected chi connectivity index (χ2v) is 5.79. The summed E-state index contributed by atoms with van der Waals surface area (Å²) in [6, 6.07) is 0. The number of halogens is 1. The van der Waals surface area contributed by atoms with Crippen LogP contribution in [0.1, 0.15) is 34.8 Å². The molecule has 1 N–H and O–H groups in total. The van der Waals surface area contributed by atoms with Gasteiger partial charge in [-0.3, -0.25) is 4.79 Å². The first-order valence-corrected chi connectivity index (χ1v) is 6.83. The van der Waals surface area contributed by atoms with Crippen molar-refractivity contribution in [1.29, 1.82) is 0 Å². The number of rotatable bonds is 3. The largest absolute Gasteiger partial charge is 0.350 e. The number of nitrogens with one attached hydrogen (secondary N) is 1. The summed E-state index contributed by atoms with van der Waals surface area (Å²) in [7, 11) is 0. The third kappa shape index (κ3) is 2.74. The Labute approximate surface area is 104 Å². The molecule has 2 atom stereocenters. The first-order valence-electron chi connectivity index (χ1n) is 5.51. The number of thiazole rings is 1. The highest BCUT2D eigenvalue weighted by Gasteiger charge is 2.25. The van der Waals surface area contributed by atoms with E-state index in [2.05, 4.69) is 10.3 Å². The first-order chi connectivity index (χ1) is 7.66. The molecule has 3 nitrogen and oxygen atoms in total. The summed E-state index contributed by atoms with van der Waals surface area (Å²) in [6.45, 7) is 2.57. The Kier molecular flexibility index (Phi) is 3.82. The highest BCUT2D eigenvalue weighted by molar-refractivity contribution is 7.09. The van der Waals surface area contributed by atoms with Crippen molar-refractivity contribution in [2.24, 2.45) is 5.92 Å². The number of aryl methyl sites for hydroxylation is 1. The third-order valence-electron chi connectivity index (χ3n) is 2.94. The van der Waals surface area contributed by atoms with Crippen LogP contribution in [0.3, 0.4) is 0 Å². The molecule has 2 rings (SSSR count). The molecule has 1 saturated carbocycles. The summed E-state index contributed by atoms with van der Waals surface area (Å²) in [5.41, 5.74) is 0.520. The van der Waals surface area contributed by atoms with E-state index in [1.54, 1.807) is 5.38 Å². The first kappa shape index (κ1) is 11.9. The van der Waals surface area contributed by atoms with Gasteiger partial charge in [-0.05, 0) is 25.7 Å². The molecule has 1 aromatic rings. The Balaban J connectivity index is 1.84. The molecular formula is C11H15ClN2OS. The summed E-state index contributed by atoms with van der Waals surface area (Å²) >= 11 is 7.64. The van der Waals surface area contributed by atoms with Crippen LogP contribution in [0.25, 0.3) is 0 Å². The van der Waals surface area contributed by atoms with E-state index in [-0.39, 0.29) is 11.3 Å². The normalized spacial score (nSPS) is 24.6. The molecule has 1 heterocycles. The van der Waals surface area contributed by atoms with E-state index in [0.29, 0.717) is 18.2 Å². The number of amides is 1. The maximum absolute atomic E-state index is 11.7. The van der Waals surface area contributed by atoms with Gasteiger partial charge in [-0.2, -0.15) is 0 Å². The molecule has 88 valence electrons. The maximum Gasteiger partial charge on any atom is 0.270 e. The van der Waals surface area contributed by atoms with E-state index in [1.165, 1.54) is 17.8 Å². The highest BCUT2D eigenvalue weighted by Crippen LogP contribution is 2.29. The molecule has 16 heavy (non-hydrogen) atoms. The fourth-order valence-electron chi connectivity index (χ4n) is 2.00. The molecule has 1 fully saturated rings. The lowest BCUT2D eigenvalue weighted by Crippen LogP contribution is -2.31. The Morgan fingerprint density at radius 3 is 3.06 bits per heavy atom. The van der Waals surface area contributed by atoms with Crippen LogP contribution in [-0.2, 0) is 0 Å². The number of hydrogen-bond donors (Lipinski definition) is 1. The van der Waals surface area contributed by atoms with Crippen LogP contribution in [0.5, 0.6) is 0 Å². The molecule has 0 saturated heterocycles. The van der Waals surface area contributed by atoms with Gasteiger partial charge in [-0.15, -0.1) is 22.9 Å². The second-order valence-electron chi connectivity index (χ2n) is 4.17. The van der Waals surface area contributed by atoms with Crippen molar-refractivity contribution in [3.05, 3.63) is 16.1 Å². The molecule has 0 spiro atoms. The summed E-state index contributed by atoms with van der Waals surface area (Å²) < 4.78 is 0. The minimum absolute atomic E-state index is 0.0832. The molecule has 1 aliphatic rings. The van der Waals surface area contributed by atoms with Gasteiger partial charge in [0.1, 0.15) is 5.69 Å². The van der Waals surface area contributed by atoms with Crippen LogP contribution in [0.2, 0.25) is 0 Å². The quantitative estimate of drug-likeness (QED) is 0.847. The molecule has 0 aliphatic heterocycles. The average molecular weight is 259 g/mol. The zero-order valence-corrected chi connectivity index (χ0v) is 10.8. The molecule has 1 aromatic heterocycles. The van der Waals surface area contributed by atoms with E-state index in [9.17, 15) is 4.79 Å². The summed E-state index contributed by atoms with van der Waals surface area (Å²) in [6.07, 6.45) is 3.35. The smallest absolute Gasteiger partial charge is 0.270 e. The van der Waals surface area contributed by atoms with Gasteiger partial charge in [0.2, 0.25) is 0 Å². The van der Waals surface area contributed by atoms with Gasteiger partial charge in [0, 0.05) is 17.3 Å². The SMILES string of the molecule is Cc1nc(C(=O)NCC2CCCC2Cl)cs1. The molecule has 0 radical (unpaired) electrons. The molecule has 2 unspecified atom stereocenters. The van der Waals surface area contributed by atoms with Crippen molar-refractivity contribution in [2.75, 3.05) is 6.54 Å². The van der Waals surface area contributed by atoms with Crippen molar-refractivity contribution >= 4 is 28.8 Å². The Morgan fingerprint density at radius 2 is 2.50 bits per heavy atom. The Hall–Kier alpha value is -0.610. The lowest BCUT2D eigenvalue weighted by molar-refractivity contribution is 0.0943. The number of aromatic nitrogens is 1. The lowest BCUT2D eigenvalue weighted by Gasteiger charge is -2.13. The monoisotopic (exact) mass is 258 g/mol. The minimum Gasteiger partial charge on any atom is -0.350 e. The van der Waals surface area contributed by atoms with Crippen LogP contribution in [0, 0.1) is 12.8 Å². The van der Waals surface area contributed by atoms with Gasteiger partial charge in [0.25, 0.3) is 5.91 Å². The summed E-state index contributed by atoms with van der Waals surface area (Å²) in [5.74, 6) is 0.338. The molecule has 1 amide bonds. The van der Waals surface area contributed by atoms with Crippen molar-refractivity contribution in [2.45, 2.75) is 31.6 Å². The van der Waals surface area contributed by atoms with Gasteiger partial charge in [-0.1, -0.05) is 6.42 Å². The maximum atomic E-state index is 11.7. The molecule has 0 bridgehead atoms. The zero-order chi connectivity index (χ0) is 11.5. The fraction of sp³-hybridized carbons (Fsp3) is 0.636. The van der Waals surface area contributed by atoms with Crippen molar-refractivity contribution in [3.8, 4) is 0 Å². The van der Waals surface area contributed by atoms with Gasteiger partial charge < -0.3 is 5.32 Å². The lowest BCUT2D eigenvalue weighted by atomic mass is 10.1. The Morgan fingerprint density at radius 1 is 1.69 bits per heavy atom. The van der Waals surface area contributed by atoms with Crippen LogP contribution >= 0.6 is 22.9 Å². The standard InChI is InChI=1S/C11H15ClN2OS/c1-7-14-10(6-16-7)11(15)13-5-8-3-2-4-9(8)12/h6,8-9H,2-5H2,1H3,(H,13,15). The number of carbonyl (C=O) groups excluding carboxylic acids is 1. The number of nitrogens with zero attached hydrogens (tertiary/aromatic N) is 1.